The third-order valence-corrected chi connectivity index (χ3v) is 7.65. The van der Waals surface area contributed by atoms with Gasteiger partial charge in [-0.25, -0.2) is 0 Å². The number of ketones is 1. The van der Waals surface area contributed by atoms with Crippen molar-refractivity contribution in [3.05, 3.63) is 82.7 Å². The molecule has 1 saturated carbocycles. The number of nitrogens with one attached hydrogen (secondary N) is 1. The highest BCUT2D eigenvalue weighted by Gasteiger charge is 2.31. The van der Waals surface area contributed by atoms with Gasteiger partial charge in [-0.1, -0.05) is 36.4 Å². The SMILES string of the molecule is CC(=O)C[C@H](NC(=O)CN1C(=O)CCc2cccc(CC3CC3)c21)c1cncc(-c2c(C)cccc2C)c1. The van der Waals surface area contributed by atoms with Crippen LogP contribution in [0.1, 0.15) is 66.5 Å². The molecule has 38 heavy (non-hydrogen) atoms. The number of hydrogen-bond acceptors (Lipinski definition) is 4. The number of anilines is 1. The van der Waals surface area contributed by atoms with Crippen LogP contribution < -0.4 is 10.2 Å². The topological polar surface area (TPSA) is 79.4 Å². The smallest absolute Gasteiger partial charge is 0.240 e. The Kier molecular flexibility index (Phi) is 7.41. The van der Waals surface area contributed by atoms with Crippen LogP contribution >= 0.6 is 0 Å². The van der Waals surface area contributed by atoms with Gasteiger partial charge in [0.25, 0.3) is 0 Å². The van der Waals surface area contributed by atoms with E-state index in [1.165, 1.54) is 19.8 Å². The van der Waals surface area contributed by atoms with Crippen molar-refractivity contribution in [3.8, 4) is 11.1 Å². The Morgan fingerprint density at radius 2 is 1.79 bits per heavy atom. The summed E-state index contributed by atoms with van der Waals surface area (Å²) in [6, 6.07) is 13.8. The fraction of sp³-hybridized carbons (Fsp3) is 0.375. The molecule has 0 radical (unpaired) electrons. The van der Waals surface area contributed by atoms with E-state index in [4.69, 9.17) is 0 Å². The van der Waals surface area contributed by atoms with Crippen LogP contribution in [0.15, 0.2) is 54.9 Å². The van der Waals surface area contributed by atoms with Crippen molar-refractivity contribution >= 4 is 23.3 Å². The van der Waals surface area contributed by atoms with E-state index >= 15 is 0 Å². The second-order valence-electron chi connectivity index (χ2n) is 10.9. The van der Waals surface area contributed by atoms with Crippen molar-refractivity contribution in [1.29, 1.82) is 0 Å². The molecule has 2 aliphatic rings. The fourth-order valence-electron chi connectivity index (χ4n) is 5.64. The number of Topliss-reactive ketones (excluding diaryl/α,β-unsaturated/α-hetero) is 1. The second-order valence-corrected chi connectivity index (χ2v) is 10.9. The minimum absolute atomic E-state index is 0.0288. The molecule has 3 aromatic rings. The largest absolute Gasteiger partial charge is 0.347 e. The maximum Gasteiger partial charge on any atom is 0.240 e. The molecule has 2 aromatic carbocycles. The number of hydrogen-bond donors (Lipinski definition) is 1. The minimum Gasteiger partial charge on any atom is -0.347 e. The number of aromatic nitrogens is 1. The Bertz CT molecular complexity index is 1370. The molecule has 1 N–H and O–H groups in total. The number of para-hydroxylation sites is 1. The number of carbonyl (C=O) groups is 3. The Morgan fingerprint density at radius 1 is 1.05 bits per heavy atom. The lowest BCUT2D eigenvalue weighted by Gasteiger charge is -2.32. The van der Waals surface area contributed by atoms with Gasteiger partial charge in [0, 0.05) is 30.8 Å². The molecule has 0 spiro atoms. The van der Waals surface area contributed by atoms with Crippen molar-refractivity contribution in [2.24, 2.45) is 5.92 Å². The van der Waals surface area contributed by atoms with Crippen molar-refractivity contribution in [1.82, 2.24) is 10.3 Å². The Labute approximate surface area is 224 Å². The van der Waals surface area contributed by atoms with Crippen LogP contribution in [0, 0.1) is 19.8 Å². The lowest BCUT2D eigenvalue weighted by molar-refractivity contribution is -0.125. The normalized spacial score (nSPS) is 15.7. The highest BCUT2D eigenvalue weighted by molar-refractivity contribution is 6.02. The van der Waals surface area contributed by atoms with Crippen molar-refractivity contribution in [3.63, 3.8) is 0 Å². The lowest BCUT2D eigenvalue weighted by Crippen LogP contribution is -2.44. The summed E-state index contributed by atoms with van der Waals surface area (Å²) < 4.78 is 0. The van der Waals surface area contributed by atoms with Crippen molar-refractivity contribution in [2.75, 3.05) is 11.4 Å². The second kappa shape index (κ2) is 10.9. The minimum atomic E-state index is -0.530. The van der Waals surface area contributed by atoms with Gasteiger partial charge >= 0.3 is 0 Å². The summed E-state index contributed by atoms with van der Waals surface area (Å²) in [6.07, 6.45) is 8.16. The molecule has 6 heteroatoms. The van der Waals surface area contributed by atoms with Crippen LogP contribution in [0.4, 0.5) is 5.69 Å². The zero-order chi connectivity index (χ0) is 26.8. The molecule has 0 bridgehead atoms. The van der Waals surface area contributed by atoms with Crippen LogP contribution in [-0.4, -0.2) is 29.1 Å². The predicted octanol–water partition coefficient (Wildman–Crippen LogP) is 5.43. The van der Waals surface area contributed by atoms with Crippen LogP contribution in [0.2, 0.25) is 0 Å². The maximum absolute atomic E-state index is 13.4. The van der Waals surface area contributed by atoms with Crippen LogP contribution in [0.3, 0.4) is 0 Å². The Morgan fingerprint density at radius 3 is 2.50 bits per heavy atom. The lowest BCUT2D eigenvalue weighted by atomic mass is 9.94. The number of rotatable bonds is 9. The zero-order valence-electron chi connectivity index (χ0n) is 22.4. The van der Waals surface area contributed by atoms with Crippen molar-refractivity contribution in [2.45, 2.75) is 65.3 Å². The Hall–Kier alpha value is -3.80. The van der Waals surface area contributed by atoms with Crippen LogP contribution in [-0.2, 0) is 27.2 Å². The van der Waals surface area contributed by atoms with Gasteiger partial charge in [0.2, 0.25) is 11.8 Å². The number of amides is 2. The van der Waals surface area contributed by atoms with Gasteiger partial charge < -0.3 is 10.2 Å². The van der Waals surface area contributed by atoms with Crippen LogP contribution in [0.25, 0.3) is 11.1 Å². The summed E-state index contributed by atoms with van der Waals surface area (Å²) in [6.45, 7) is 5.59. The summed E-state index contributed by atoms with van der Waals surface area (Å²) in [7, 11) is 0. The van der Waals surface area contributed by atoms with E-state index in [0.29, 0.717) is 18.8 Å². The number of carbonyl (C=O) groups excluding carboxylic acids is 3. The molecule has 5 rings (SSSR count). The molecule has 0 unspecified atom stereocenters. The average Bonchev–Trinajstić information content (AvgIpc) is 3.69. The molecule has 1 aliphatic heterocycles. The summed E-state index contributed by atoms with van der Waals surface area (Å²) in [5.41, 5.74) is 8.29. The quantitative estimate of drug-likeness (QED) is 0.417. The van der Waals surface area contributed by atoms with Gasteiger partial charge in [0.1, 0.15) is 12.3 Å². The standard InChI is InChI=1S/C32H35N3O3/c1-20-6-4-7-21(2)31(20)27-16-26(17-33-18-27)28(14-22(3)36)34-29(37)19-35-30(38)13-12-24-8-5-9-25(32(24)35)15-23-10-11-23/h4-9,16-18,23,28H,10-15,19H2,1-3H3,(H,34,37)/t28-/m0/s1. The predicted molar refractivity (Wildman–Crippen MR) is 149 cm³/mol. The molecule has 6 nitrogen and oxygen atoms in total. The first kappa shape index (κ1) is 25.8. The molecule has 0 saturated heterocycles. The summed E-state index contributed by atoms with van der Waals surface area (Å²) in [5.74, 6) is 0.332. The first-order valence-electron chi connectivity index (χ1n) is 13.5. The van der Waals surface area contributed by atoms with Gasteiger partial charge in [-0.2, -0.15) is 0 Å². The van der Waals surface area contributed by atoms with E-state index in [1.807, 2.05) is 18.3 Å². The van der Waals surface area contributed by atoms with E-state index in [-0.39, 0.29) is 30.6 Å². The van der Waals surface area contributed by atoms with E-state index < -0.39 is 6.04 Å². The first-order chi connectivity index (χ1) is 18.3. The highest BCUT2D eigenvalue weighted by Crippen LogP contribution is 2.38. The third kappa shape index (κ3) is 5.69. The molecule has 2 amide bonds. The molecule has 1 fully saturated rings. The summed E-state index contributed by atoms with van der Waals surface area (Å²) in [4.78, 5) is 44.7. The van der Waals surface area contributed by atoms with E-state index in [2.05, 4.69) is 54.5 Å². The molecule has 1 aromatic heterocycles. The fourth-order valence-corrected chi connectivity index (χ4v) is 5.64. The molecule has 1 atom stereocenters. The Balaban J connectivity index is 1.40. The van der Waals surface area contributed by atoms with E-state index in [0.717, 1.165) is 51.1 Å². The van der Waals surface area contributed by atoms with Gasteiger partial charge in [-0.05, 0) is 91.8 Å². The summed E-state index contributed by atoms with van der Waals surface area (Å²) >= 11 is 0. The third-order valence-electron chi connectivity index (χ3n) is 7.65. The number of pyridine rings is 1. The van der Waals surface area contributed by atoms with Gasteiger partial charge in [-0.3, -0.25) is 19.4 Å². The average molecular weight is 510 g/mol. The van der Waals surface area contributed by atoms with Crippen LogP contribution in [0.5, 0.6) is 0 Å². The molecular formula is C32H35N3O3. The maximum atomic E-state index is 13.4. The van der Waals surface area contributed by atoms with E-state index in [1.54, 1.807) is 11.1 Å². The monoisotopic (exact) mass is 509 g/mol. The number of fused-ring (bicyclic) bond motifs is 1. The van der Waals surface area contributed by atoms with Gasteiger partial charge in [-0.15, -0.1) is 0 Å². The molecular weight excluding hydrogens is 474 g/mol. The zero-order valence-corrected chi connectivity index (χ0v) is 22.4. The number of nitrogens with zero attached hydrogens (tertiary/aromatic N) is 2. The highest BCUT2D eigenvalue weighted by atomic mass is 16.2. The van der Waals surface area contributed by atoms with E-state index in [9.17, 15) is 14.4 Å². The number of aryl methyl sites for hydroxylation is 3. The molecule has 1 aliphatic carbocycles. The molecule has 2 heterocycles. The van der Waals surface area contributed by atoms with Crippen molar-refractivity contribution < 1.29 is 14.4 Å². The molecule has 196 valence electrons. The van der Waals surface area contributed by atoms with Gasteiger partial charge in [0.15, 0.2) is 0 Å². The summed E-state index contributed by atoms with van der Waals surface area (Å²) in [5, 5.41) is 3.05. The first-order valence-corrected chi connectivity index (χ1v) is 13.5. The van der Waals surface area contributed by atoms with Gasteiger partial charge in [0.05, 0.1) is 11.7 Å². The number of benzene rings is 2.